The largest absolute Gasteiger partial charge is 0.379 e. The van der Waals surface area contributed by atoms with Crippen LogP contribution in [-0.2, 0) is 28.4 Å². The fraction of sp³-hybridized carbons (Fsp3) is 0.810. The van der Waals surface area contributed by atoms with E-state index in [0.29, 0.717) is 79.3 Å². The summed E-state index contributed by atoms with van der Waals surface area (Å²) < 4.78 is 33.1. The zero-order chi connectivity index (χ0) is 20.1. The van der Waals surface area contributed by atoms with Crippen molar-refractivity contribution in [2.45, 2.75) is 26.7 Å². The van der Waals surface area contributed by atoms with E-state index in [1.165, 1.54) is 0 Å². The molecule has 0 saturated carbocycles. The molecule has 0 amide bonds. The van der Waals surface area contributed by atoms with E-state index in [-0.39, 0.29) is 5.41 Å². The van der Waals surface area contributed by atoms with E-state index in [4.69, 9.17) is 28.4 Å². The van der Waals surface area contributed by atoms with Crippen molar-refractivity contribution >= 4 is 0 Å². The fourth-order valence-corrected chi connectivity index (χ4v) is 2.51. The third-order valence-corrected chi connectivity index (χ3v) is 3.87. The van der Waals surface area contributed by atoms with Crippen LogP contribution in [0.4, 0.5) is 0 Å². The standard InChI is InChI=1S/C21H40O6/c1-5-9-21(10-6-2,19-26-17-15-24-13-11-22-7-3)20-27-18-16-25-14-12-23-8-4/h5-6H,1-2,7-20H2,3-4H3. The van der Waals surface area contributed by atoms with Crippen LogP contribution in [0.15, 0.2) is 25.3 Å². The molecular formula is C21H40O6. The molecule has 0 atom stereocenters. The number of allylic oxidation sites excluding steroid dienone is 2. The van der Waals surface area contributed by atoms with E-state index in [1.807, 2.05) is 26.0 Å². The summed E-state index contributed by atoms with van der Waals surface area (Å²) in [7, 11) is 0. The van der Waals surface area contributed by atoms with Gasteiger partial charge in [-0.1, -0.05) is 12.2 Å². The van der Waals surface area contributed by atoms with Crippen LogP contribution in [0.1, 0.15) is 26.7 Å². The average molecular weight is 389 g/mol. The lowest BCUT2D eigenvalue weighted by Crippen LogP contribution is -2.33. The van der Waals surface area contributed by atoms with Crippen molar-refractivity contribution < 1.29 is 28.4 Å². The number of hydrogen-bond acceptors (Lipinski definition) is 6. The van der Waals surface area contributed by atoms with Gasteiger partial charge in [0, 0.05) is 18.6 Å². The monoisotopic (exact) mass is 388 g/mol. The first-order valence-electron chi connectivity index (χ1n) is 9.93. The summed E-state index contributed by atoms with van der Waals surface area (Å²) in [5, 5.41) is 0. The summed E-state index contributed by atoms with van der Waals surface area (Å²) in [5.74, 6) is 0. The van der Waals surface area contributed by atoms with Crippen LogP contribution in [0, 0.1) is 5.41 Å². The summed E-state index contributed by atoms with van der Waals surface area (Å²) in [4.78, 5) is 0. The summed E-state index contributed by atoms with van der Waals surface area (Å²) >= 11 is 0. The van der Waals surface area contributed by atoms with Crippen LogP contribution in [0.25, 0.3) is 0 Å². The molecule has 0 rings (SSSR count). The highest BCUT2D eigenvalue weighted by atomic mass is 16.6. The van der Waals surface area contributed by atoms with Crippen molar-refractivity contribution in [1.82, 2.24) is 0 Å². The van der Waals surface area contributed by atoms with Gasteiger partial charge in [0.15, 0.2) is 0 Å². The number of ether oxygens (including phenoxy) is 6. The third kappa shape index (κ3) is 15.9. The van der Waals surface area contributed by atoms with Crippen LogP contribution < -0.4 is 0 Å². The molecule has 6 heteroatoms. The lowest BCUT2D eigenvalue weighted by atomic mass is 9.82. The minimum atomic E-state index is -0.153. The summed E-state index contributed by atoms with van der Waals surface area (Å²) in [5.41, 5.74) is -0.153. The minimum absolute atomic E-state index is 0.153. The second kappa shape index (κ2) is 20.0. The van der Waals surface area contributed by atoms with Gasteiger partial charge in [-0.25, -0.2) is 0 Å². The highest BCUT2D eigenvalue weighted by Crippen LogP contribution is 2.29. The quantitative estimate of drug-likeness (QED) is 0.210. The third-order valence-electron chi connectivity index (χ3n) is 3.87. The Morgan fingerprint density at radius 3 is 1.22 bits per heavy atom. The van der Waals surface area contributed by atoms with Gasteiger partial charge in [-0.3, -0.25) is 0 Å². The van der Waals surface area contributed by atoms with Gasteiger partial charge < -0.3 is 28.4 Å². The van der Waals surface area contributed by atoms with Gasteiger partial charge in [0.2, 0.25) is 0 Å². The van der Waals surface area contributed by atoms with E-state index in [2.05, 4.69) is 13.2 Å². The van der Waals surface area contributed by atoms with Crippen molar-refractivity contribution in [3.63, 3.8) is 0 Å². The topological polar surface area (TPSA) is 55.4 Å². The maximum absolute atomic E-state index is 5.84. The summed E-state index contributed by atoms with van der Waals surface area (Å²) in [6.45, 7) is 18.9. The Morgan fingerprint density at radius 2 is 0.889 bits per heavy atom. The van der Waals surface area contributed by atoms with Gasteiger partial charge in [0.05, 0.1) is 66.1 Å². The second-order valence-electron chi connectivity index (χ2n) is 6.21. The molecule has 0 radical (unpaired) electrons. The molecule has 0 unspecified atom stereocenters. The zero-order valence-corrected chi connectivity index (χ0v) is 17.4. The van der Waals surface area contributed by atoms with E-state index >= 15 is 0 Å². The van der Waals surface area contributed by atoms with E-state index in [1.54, 1.807) is 0 Å². The molecule has 6 nitrogen and oxygen atoms in total. The average Bonchev–Trinajstić information content (AvgIpc) is 2.66. The van der Waals surface area contributed by atoms with Crippen LogP contribution in [0.5, 0.6) is 0 Å². The second-order valence-corrected chi connectivity index (χ2v) is 6.21. The van der Waals surface area contributed by atoms with E-state index in [9.17, 15) is 0 Å². The Bertz CT molecular complexity index is 303. The molecule has 0 N–H and O–H groups in total. The van der Waals surface area contributed by atoms with E-state index in [0.717, 1.165) is 12.8 Å². The molecule has 0 spiro atoms. The summed E-state index contributed by atoms with van der Waals surface area (Å²) in [6.07, 6.45) is 5.42. The molecule has 0 fully saturated rings. The van der Waals surface area contributed by atoms with Crippen LogP contribution in [-0.4, -0.2) is 79.3 Å². The van der Waals surface area contributed by atoms with E-state index < -0.39 is 0 Å². The molecule has 0 bridgehead atoms. The molecule has 0 aliphatic heterocycles. The molecule has 0 aromatic rings. The van der Waals surface area contributed by atoms with Crippen molar-refractivity contribution in [2.24, 2.45) is 5.41 Å². The molecule has 160 valence electrons. The van der Waals surface area contributed by atoms with Gasteiger partial charge in [-0.05, 0) is 26.7 Å². The van der Waals surface area contributed by atoms with Crippen molar-refractivity contribution in [2.75, 3.05) is 79.3 Å². The Kier molecular flexibility index (Phi) is 19.4. The van der Waals surface area contributed by atoms with Crippen LogP contribution in [0.2, 0.25) is 0 Å². The molecule has 0 aliphatic rings. The highest BCUT2D eigenvalue weighted by molar-refractivity contribution is 4.92. The fourth-order valence-electron chi connectivity index (χ4n) is 2.51. The van der Waals surface area contributed by atoms with Gasteiger partial charge in [0.25, 0.3) is 0 Å². The van der Waals surface area contributed by atoms with Crippen molar-refractivity contribution in [1.29, 1.82) is 0 Å². The predicted molar refractivity (Wildman–Crippen MR) is 108 cm³/mol. The molecular weight excluding hydrogens is 348 g/mol. The maximum atomic E-state index is 5.84. The molecule has 0 saturated heterocycles. The van der Waals surface area contributed by atoms with Gasteiger partial charge in [-0.15, -0.1) is 13.2 Å². The highest BCUT2D eigenvalue weighted by Gasteiger charge is 2.28. The van der Waals surface area contributed by atoms with Crippen LogP contribution >= 0.6 is 0 Å². The Hall–Kier alpha value is -0.760. The number of rotatable bonds is 22. The van der Waals surface area contributed by atoms with Crippen LogP contribution in [0.3, 0.4) is 0 Å². The van der Waals surface area contributed by atoms with Gasteiger partial charge in [-0.2, -0.15) is 0 Å². The minimum Gasteiger partial charge on any atom is -0.379 e. The smallest absolute Gasteiger partial charge is 0.0701 e. The van der Waals surface area contributed by atoms with Crippen molar-refractivity contribution in [3.05, 3.63) is 25.3 Å². The predicted octanol–water partition coefficient (Wildman–Crippen LogP) is 3.26. The first-order valence-corrected chi connectivity index (χ1v) is 9.93. The lowest BCUT2D eigenvalue weighted by Gasteiger charge is -2.31. The SMILES string of the molecule is C=CCC(CC=C)(COCCOCCOCC)COCCOCCOCC. The maximum Gasteiger partial charge on any atom is 0.0701 e. The Morgan fingerprint density at radius 1 is 0.556 bits per heavy atom. The molecule has 27 heavy (non-hydrogen) atoms. The van der Waals surface area contributed by atoms with Crippen molar-refractivity contribution in [3.8, 4) is 0 Å². The lowest BCUT2D eigenvalue weighted by molar-refractivity contribution is -0.0504. The molecule has 0 heterocycles. The first kappa shape index (κ1) is 26.2. The molecule has 0 aliphatic carbocycles. The Labute approximate surface area is 165 Å². The zero-order valence-electron chi connectivity index (χ0n) is 17.4. The van der Waals surface area contributed by atoms with Gasteiger partial charge >= 0.3 is 0 Å². The number of hydrogen-bond donors (Lipinski definition) is 0. The molecule has 0 aromatic heterocycles. The summed E-state index contributed by atoms with van der Waals surface area (Å²) in [6, 6.07) is 0. The van der Waals surface area contributed by atoms with Gasteiger partial charge in [0.1, 0.15) is 0 Å². The molecule has 0 aromatic carbocycles. The first-order chi connectivity index (χ1) is 13.2. The Balaban J connectivity index is 4.04. The normalized spacial score (nSPS) is 11.6.